The van der Waals surface area contributed by atoms with Gasteiger partial charge in [-0.25, -0.2) is 17.9 Å². The zero-order valence-electron chi connectivity index (χ0n) is 16.6. The predicted octanol–water partition coefficient (Wildman–Crippen LogP) is 3.46. The van der Waals surface area contributed by atoms with Crippen LogP contribution < -0.4 is 4.90 Å². The van der Waals surface area contributed by atoms with Crippen LogP contribution in [0.2, 0.25) is 0 Å². The van der Waals surface area contributed by atoms with Crippen molar-refractivity contribution in [2.24, 2.45) is 0 Å². The third-order valence-electron chi connectivity index (χ3n) is 4.93. The van der Waals surface area contributed by atoms with Gasteiger partial charge in [0.1, 0.15) is 11.4 Å². The molecule has 1 saturated heterocycles. The molecule has 1 aromatic carbocycles. The largest absolute Gasteiger partial charge is 0.465 e. The number of anilines is 1. The van der Waals surface area contributed by atoms with Gasteiger partial charge < -0.3 is 9.64 Å². The predicted molar refractivity (Wildman–Crippen MR) is 104 cm³/mol. The molecule has 7 nitrogen and oxygen atoms in total. The Hall–Kier alpha value is -2.56. The lowest BCUT2D eigenvalue weighted by atomic mass is 10.2. The maximum Gasteiger partial charge on any atom is 0.436 e. The zero-order valence-corrected chi connectivity index (χ0v) is 17.4. The summed E-state index contributed by atoms with van der Waals surface area (Å²) in [6.45, 7) is 0.933. The van der Waals surface area contributed by atoms with Gasteiger partial charge in [-0.15, -0.1) is 0 Å². The standard InChI is InChI=1S/C19H22F3N3O4S/c1-29-18(26)15-16(19(20,21)22)23-25(17(15)24-11-5-3-4-6-12-24)13-7-9-14(10-8-13)30(2,27)28/h7-10H,3-6,11-12H2,1-2H3. The fraction of sp³-hybridized carbons (Fsp3) is 0.474. The van der Waals surface area contributed by atoms with Gasteiger partial charge in [0.15, 0.2) is 15.5 Å². The third-order valence-corrected chi connectivity index (χ3v) is 6.06. The van der Waals surface area contributed by atoms with Gasteiger partial charge in [0.2, 0.25) is 0 Å². The van der Waals surface area contributed by atoms with Gasteiger partial charge in [0.25, 0.3) is 0 Å². The Morgan fingerprint density at radius 3 is 2.10 bits per heavy atom. The molecule has 1 aliphatic heterocycles. The van der Waals surface area contributed by atoms with Crippen molar-refractivity contribution in [2.75, 3.05) is 31.4 Å². The van der Waals surface area contributed by atoms with Crippen LogP contribution in [0.5, 0.6) is 0 Å². The number of aromatic nitrogens is 2. The molecule has 0 atom stereocenters. The molecule has 1 aliphatic rings. The first kappa shape index (κ1) is 22.1. The first-order valence-electron chi connectivity index (χ1n) is 9.38. The quantitative estimate of drug-likeness (QED) is 0.671. The summed E-state index contributed by atoms with van der Waals surface area (Å²) in [6, 6.07) is 5.32. The van der Waals surface area contributed by atoms with E-state index in [4.69, 9.17) is 0 Å². The Balaban J connectivity index is 2.25. The Labute approximate surface area is 172 Å². The van der Waals surface area contributed by atoms with E-state index < -0.39 is 33.2 Å². The van der Waals surface area contributed by atoms with E-state index in [0.717, 1.165) is 43.7 Å². The van der Waals surface area contributed by atoms with Crippen LogP contribution in [-0.4, -0.2) is 50.6 Å². The number of benzene rings is 1. The molecule has 30 heavy (non-hydrogen) atoms. The maximum atomic E-state index is 13.7. The van der Waals surface area contributed by atoms with Crippen LogP contribution in [0.3, 0.4) is 0 Å². The number of sulfone groups is 1. The number of hydrogen-bond donors (Lipinski definition) is 0. The molecule has 2 aromatic rings. The van der Waals surface area contributed by atoms with Crippen molar-refractivity contribution in [2.45, 2.75) is 36.8 Å². The highest BCUT2D eigenvalue weighted by atomic mass is 32.2. The number of carbonyl (C=O) groups is 1. The van der Waals surface area contributed by atoms with Crippen molar-refractivity contribution in [3.8, 4) is 5.69 Å². The second-order valence-electron chi connectivity index (χ2n) is 7.12. The zero-order chi connectivity index (χ0) is 22.1. The number of hydrogen-bond acceptors (Lipinski definition) is 6. The minimum absolute atomic E-state index is 0.00295. The van der Waals surface area contributed by atoms with Crippen molar-refractivity contribution < 1.29 is 31.1 Å². The minimum atomic E-state index is -4.87. The van der Waals surface area contributed by atoms with Crippen molar-refractivity contribution in [1.82, 2.24) is 9.78 Å². The van der Waals surface area contributed by atoms with Gasteiger partial charge in [0.05, 0.1) is 17.7 Å². The van der Waals surface area contributed by atoms with E-state index in [1.54, 1.807) is 4.90 Å². The van der Waals surface area contributed by atoms with Crippen LogP contribution in [0.4, 0.5) is 19.0 Å². The van der Waals surface area contributed by atoms with Crippen LogP contribution in [0.1, 0.15) is 41.7 Å². The summed E-state index contributed by atoms with van der Waals surface area (Å²) in [7, 11) is -2.45. The van der Waals surface area contributed by atoms with E-state index >= 15 is 0 Å². The van der Waals surface area contributed by atoms with Gasteiger partial charge in [-0.2, -0.15) is 18.3 Å². The lowest BCUT2D eigenvalue weighted by Gasteiger charge is -2.24. The monoisotopic (exact) mass is 445 g/mol. The second-order valence-corrected chi connectivity index (χ2v) is 9.13. The van der Waals surface area contributed by atoms with Gasteiger partial charge in [-0.05, 0) is 37.1 Å². The number of esters is 1. The Morgan fingerprint density at radius 1 is 1.07 bits per heavy atom. The van der Waals surface area contributed by atoms with Crippen molar-refractivity contribution >= 4 is 21.6 Å². The summed E-state index contributed by atoms with van der Waals surface area (Å²) in [6.07, 6.45) is -0.432. The van der Waals surface area contributed by atoms with Crippen LogP contribution in [0.25, 0.3) is 5.69 Å². The van der Waals surface area contributed by atoms with Crippen LogP contribution in [0.15, 0.2) is 29.2 Å². The SMILES string of the molecule is COC(=O)c1c(C(F)(F)F)nn(-c2ccc(S(C)(=O)=O)cc2)c1N1CCCCCC1. The Bertz CT molecular complexity index is 1020. The second kappa shape index (κ2) is 8.29. The molecule has 1 aromatic heterocycles. The van der Waals surface area contributed by atoms with Gasteiger partial charge in [0, 0.05) is 19.3 Å². The summed E-state index contributed by atoms with van der Waals surface area (Å²) < 4.78 is 70.3. The molecule has 2 heterocycles. The highest BCUT2D eigenvalue weighted by Crippen LogP contribution is 2.38. The fourth-order valence-corrected chi connectivity index (χ4v) is 4.12. The van der Waals surface area contributed by atoms with Crippen molar-refractivity contribution in [3.05, 3.63) is 35.5 Å². The number of ether oxygens (including phenoxy) is 1. The molecule has 0 spiro atoms. The molecule has 1 fully saturated rings. The molecule has 0 unspecified atom stereocenters. The highest BCUT2D eigenvalue weighted by Gasteiger charge is 2.43. The van der Waals surface area contributed by atoms with Crippen molar-refractivity contribution in [3.63, 3.8) is 0 Å². The van der Waals surface area contributed by atoms with E-state index in [2.05, 4.69) is 9.84 Å². The molecule has 0 bridgehead atoms. The number of halogens is 3. The number of rotatable bonds is 4. The van der Waals surface area contributed by atoms with Crippen LogP contribution >= 0.6 is 0 Å². The van der Waals surface area contributed by atoms with E-state index in [0.29, 0.717) is 13.1 Å². The van der Waals surface area contributed by atoms with Gasteiger partial charge >= 0.3 is 12.1 Å². The molecular formula is C19H22F3N3O4S. The molecule has 0 saturated carbocycles. The number of carbonyl (C=O) groups excluding carboxylic acids is 1. The molecule has 3 rings (SSSR count). The average molecular weight is 445 g/mol. The molecule has 0 aliphatic carbocycles. The van der Waals surface area contributed by atoms with Crippen molar-refractivity contribution in [1.29, 1.82) is 0 Å². The normalized spacial score (nSPS) is 15.7. The number of nitrogens with zero attached hydrogens (tertiary/aromatic N) is 3. The van der Waals surface area contributed by atoms with E-state index in [9.17, 15) is 26.4 Å². The third kappa shape index (κ3) is 4.45. The van der Waals surface area contributed by atoms with Crippen LogP contribution in [0, 0.1) is 0 Å². The van der Waals surface area contributed by atoms with Gasteiger partial charge in [-0.3, -0.25) is 0 Å². The number of alkyl halides is 3. The molecule has 0 amide bonds. The average Bonchev–Trinajstić information content (AvgIpc) is 2.89. The maximum absolute atomic E-state index is 13.7. The topological polar surface area (TPSA) is 81.5 Å². The smallest absolute Gasteiger partial charge is 0.436 e. The van der Waals surface area contributed by atoms with E-state index in [1.165, 1.54) is 24.3 Å². The summed E-state index contributed by atoms with van der Waals surface area (Å²) in [5.74, 6) is -1.12. The molecule has 0 radical (unpaired) electrons. The molecule has 0 N–H and O–H groups in total. The molecular weight excluding hydrogens is 423 g/mol. The fourth-order valence-electron chi connectivity index (χ4n) is 3.49. The summed E-state index contributed by atoms with van der Waals surface area (Å²) in [5.41, 5.74) is -1.76. The highest BCUT2D eigenvalue weighted by molar-refractivity contribution is 7.90. The van der Waals surface area contributed by atoms with Gasteiger partial charge in [-0.1, -0.05) is 12.8 Å². The molecule has 164 valence electrons. The summed E-state index contributed by atoms with van der Waals surface area (Å²) in [4.78, 5) is 14.1. The Morgan fingerprint density at radius 2 is 1.63 bits per heavy atom. The Kier molecular flexibility index (Phi) is 6.11. The first-order valence-corrected chi connectivity index (χ1v) is 11.3. The minimum Gasteiger partial charge on any atom is -0.465 e. The molecule has 11 heteroatoms. The van der Waals surface area contributed by atoms with Crippen LogP contribution in [-0.2, 0) is 20.8 Å². The number of methoxy groups -OCH3 is 1. The first-order chi connectivity index (χ1) is 14.0. The van der Waals surface area contributed by atoms with E-state index in [1.807, 2.05) is 0 Å². The lowest BCUT2D eigenvalue weighted by Crippen LogP contribution is -2.28. The van der Waals surface area contributed by atoms with E-state index in [-0.39, 0.29) is 16.4 Å². The summed E-state index contributed by atoms with van der Waals surface area (Å²) in [5, 5.41) is 3.72. The summed E-state index contributed by atoms with van der Waals surface area (Å²) >= 11 is 0. The lowest BCUT2D eigenvalue weighted by molar-refractivity contribution is -0.141.